The van der Waals surface area contributed by atoms with Crippen LogP contribution in [0.1, 0.15) is 0 Å². The van der Waals surface area contributed by atoms with Crippen molar-refractivity contribution in [2.75, 3.05) is 0 Å². The predicted molar refractivity (Wildman–Crippen MR) is 223 cm³/mol. The second-order valence-electron chi connectivity index (χ2n) is 14.0. The van der Waals surface area contributed by atoms with E-state index in [0.29, 0.717) is 17.5 Å². The fourth-order valence-corrected chi connectivity index (χ4v) is 8.38. The van der Waals surface area contributed by atoms with E-state index < -0.39 is 0 Å². The fourth-order valence-electron chi connectivity index (χ4n) is 8.38. The van der Waals surface area contributed by atoms with Crippen LogP contribution in [-0.4, -0.2) is 19.5 Å². The lowest BCUT2D eigenvalue weighted by atomic mass is 10.0. The molecule has 0 aliphatic heterocycles. The van der Waals surface area contributed by atoms with Crippen LogP contribution >= 0.6 is 0 Å². The summed E-state index contributed by atoms with van der Waals surface area (Å²) in [6.45, 7) is 0. The molecular weight excluding hydrogens is 677 g/mol. The van der Waals surface area contributed by atoms with Crippen LogP contribution in [0.4, 0.5) is 0 Å². The zero-order valence-electron chi connectivity index (χ0n) is 29.3. The Bertz CT molecular complexity index is 3430. The maximum Gasteiger partial charge on any atom is 0.164 e. The topological polar surface area (TPSA) is 69.9 Å². The molecule has 0 radical (unpaired) electrons. The molecule has 0 amide bonds. The van der Waals surface area contributed by atoms with Crippen molar-refractivity contribution in [3.63, 3.8) is 0 Å². The van der Waals surface area contributed by atoms with Crippen LogP contribution in [0.15, 0.2) is 179 Å². The number of aromatic nitrogens is 4. The van der Waals surface area contributed by atoms with Gasteiger partial charge in [-0.1, -0.05) is 133 Å². The van der Waals surface area contributed by atoms with Crippen molar-refractivity contribution >= 4 is 76.5 Å². The molecule has 0 fully saturated rings. The summed E-state index contributed by atoms with van der Waals surface area (Å²) in [6, 6.07) is 58.5. The summed E-state index contributed by atoms with van der Waals surface area (Å²) >= 11 is 0. The minimum atomic E-state index is 0.583. The number of hydrogen-bond donors (Lipinski definition) is 0. The largest absolute Gasteiger partial charge is 0.456 e. The van der Waals surface area contributed by atoms with Crippen LogP contribution in [-0.2, 0) is 0 Å². The van der Waals surface area contributed by atoms with Gasteiger partial charge in [-0.05, 0) is 30.3 Å². The molecule has 6 heteroatoms. The molecule has 0 N–H and O–H groups in total. The van der Waals surface area contributed by atoms with Crippen LogP contribution in [0.25, 0.3) is 116 Å². The Morgan fingerprint density at radius 1 is 0.364 bits per heavy atom. The number of furan rings is 2. The number of rotatable bonds is 4. The van der Waals surface area contributed by atoms with E-state index in [0.717, 1.165) is 88.1 Å². The Hall–Kier alpha value is -7.57. The van der Waals surface area contributed by atoms with E-state index in [1.54, 1.807) is 0 Å². The quantitative estimate of drug-likeness (QED) is 0.182. The van der Waals surface area contributed by atoms with Crippen LogP contribution in [0, 0.1) is 0 Å². The summed E-state index contributed by atoms with van der Waals surface area (Å²) < 4.78 is 15.6. The van der Waals surface area contributed by atoms with Crippen LogP contribution < -0.4 is 0 Å². The molecule has 4 heterocycles. The molecule has 0 aliphatic rings. The lowest BCUT2D eigenvalue weighted by molar-refractivity contribution is 0.669. The normalized spacial score (nSPS) is 12.0. The van der Waals surface area contributed by atoms with E-state index in [-0.39, 0.29) is 0 Å². The number of benzene rings is 8. The average molecular weight is 705 g/mol. The van der Waals surface area contributed by atoms with Gasteiger partial charge in [0.25, 0.3) is 0 Å². The molecule has 0 saturated heterocycles. The maximum atomic E-state index is 6.80. The Balaban J connectivity index is 1.18. The summed E-state index contributed by atoms with van der Waals surface area (Å²) in [6.07, 6.45) is 0. The van der Waals surface area contributed by atoms with E-state index in [9.17, 15) is 0 Å². The number of fused-ring (bicyclic) bond motifs is 11. The maximum absolute atomic E-state index is 6.80. The highest BCUT2D eigenvalue weighted by Crippen LogP contribution is 2.44. The molecule has 0 unspecified atom stereocenters. The monoisotopic (exact) mass is 704 g/mol. The first kappa shape index (κ1) is 29.9. The molecule has 0 spiro atoms. The average Bonchev–Trinajstić information content (AvgIpc) is 3.92. The van der Waals surface area contributed by atoms with E-state index in [1.165, 1.54) is 10.8 Å². The third kappa shape index (κ3) is 4.46. The van der Waals surface area contributed by atoms with Crippen molar-refractivity contribution in [2.45, 2.75) is 0 Å². The highest BCUT2D eigenvalue weighted by atomic mass is 16.3. The molecule has 0 aliphatic carbocycles. The van der Waals surface area contributed by atoms with Gasteiger partial charge < -0.3 is 13.4 Å². The van der Waals surface area contributed by atoms with Gasteiger partial charge in [0.15, 0.2) is 17.5 Å². The SMILES string of the molecule is c1ccc(-c2nc(-c3ccccc3)nc(-c3cccc4oc5c6ccccc6c(-n6c7ccccc7c7cc8c(cc76)oc6ccccc68)cc5c34)n2)cc1. The van der Waals surface area contributed by atoms with E-state index in [4.69, 9.17) is 23.8 Å². The summed E-state index contributed by atoms with van der Waals surface area (Å²) in [5.74, 6) is 1.81. The first-order valence-electron chi connectivity index (χ1n) is 18.4. The fraction of sp³-hybridized carbons (Fsp3) is 0. The van der Waals surface area contributed by atoms with E-state index >= 15 is 0 Å². The molecule has 8 aromatic carbocycles. The molecule has 12 aromatic rings. The molecule has 0 atom stereocenters. The molecule has 256 valence electrons. The standard InChI is InChI=1S/C49H28N4O2/c1-3-14-29(15-4-1)47-50-48(30-16-5-2-6-17-30)52-49(51-47)35-22-13-25-43-45(35)38-27-40(31-18-7-8-21-34(31)46(38)55-43)53-39-23-11-9-19-32(39)36-26-37-33-20-10-12-24-42(33)54-44(37)28-41(36)53/h1-28H. The van der Waals surface area contributed by atoms with Crippen molar-refractivity contribution in [1.29, 1.82) is 0 Å². The lowest BCUT2D eigenvalue weighted by Crippen LogP contribution is -2.00. The van der Waals surface area contributed by atoms with Gasteiger partial charge in [-0.3, -0.25) is 0 Å². The Morgan fingerprint density at radius 2 is 0.982 bits per heavy atom. The van der Waals surface area contributed by atoms with E-state index in [2.05, 4.69) is 89.5 Å². The molecular formula is C49H28N4O2. The Labute approximate surface area is 313 Å². The summed E-state index contributed by atoms with van der Waals surface area (Å²) in [5.41, 5.74) is 9.29. The highest BCUT2D eigenvalue weighted by molar-refractivity contribution is 6.23. The van der Waals surface area contributed by atoms with Crippen molar-refractivity contribution in [1.82, 2.24) is 19.5 Å². The van der Waals surface area contributed by atoms with Gasteiger partial charge >= 0.3 is 0 Å². The van der Waals surface area contributed by atoms with Gasteiger partial charge in [-0.15, -0.1) is 0 Å². The first-order valence-corrected chi connectivity index (χ1v) is 18.4. The molecule has 6 nitrogen and oxygen atoms in total. The van der Waals surface area contributed by atoms with Crippen molar-refractivity contribution in [3.05, 3.63) is 170 Å². The highest BCUT2D eigenvalue weighted by Gasteiger charge is 2.23. The van der Waals surface area contributed by atoms with Gasteiger partial charge in [-0.25, -0.2) is 15.0 Å². The predicted octanol–water partition coefficient (Wildman–Crippen LogP) is 12.9. The summed E-state index contributed by atoms with van der Waals surface area (Å²) in [4.78, 5) is 15.2. The molecule has 12 rings (SSSR count). The van der Waals surface area contributed by atoms with Crippen molar-refractivity contribution < 1.29 is 8.83 Å². The van der Waals surface area contributed by atoms with Crippen LogP contribution in [0.5, 0.6) is 0 Å². The second-order valence-corrected chi connectivity index (χ2v) is 14.0. The Morgan fingerprint density at radius 3 is 1.75 bits per heavy atom. The Kier molecular flexibility index (Phi) is 6.24. The number of nitrogens with zero attached hydrogens (tertiary/aromatic N) is 4. The first-order chi connectivity index (χ1) is 27.3. The van der Waals surface area contributed by atoms with Gasteiger partial charge in [0.2, 0.25) is 0 Å². The minimum Gasteiger partial charge on any atom is -0.456 e. The zero-order chi connectivity index (χ0) is 36.0. The molecule has 4 aromatic heterocycles. The second kappa shape index (κ2) is 11.5. The molecule has 0 saturated carbocycles. The number of hydrogen-bond acceptors (Lipinski definition) is 5. The summed E-state index contributed by atoms with van der Waals surface area (Å²) in [5, 5.41) is 8.62. The summed E-state index contributed by atoms with van der Waals surface area (Å²) in [7, 11) is 0. The molecule has 55 heavy (non-hydrogen) atoms. The van der Waals surface area contributed by atoms with Crippen LogP contribution in [0.2, 0.25) is 0 Å². The molecule has 0 bridgehead atoms. The van der Waals surface area contributed by atoms with Crippen molar-refractivity contribution in [2.24, 2.45) is 0 Å². The van der Waals surface area contributed by atoms with Gasteiger partial charge in [0.1, 0.15) is 22.3 Å². The van der Waals surface area contributed by atoms with Gasteiger partial charge in [0, 0.05) is 65.8 Å². The smallest absolute Gasteiger partial charge is 0.164 e. The third-order valence-electron chi connectivity index (χ3n) is 10.8. The van der Waals surface area contributed by atoms with Gasteiger partial charge in [0.05, 0.1) is 16.7 Å². The lowest BCUT2D eigenvalue weighted by Gasteiger charge is -2.13. The number of para-hydroxylation sites is 2. The van der Waals surface area contributed by atoms with Crippen LogP contribution in [0.3, 0.4) is 0 Å². The third-order valence-corrected chi connectivity index (χ3v) is 10.8. The zero-order valence-corrected chi connectivity index (χ0v) is 29.3. The van der Waals surface area contributed by atoms with E-state index in [1.807, 2.05) is 84.9 Å². The van der Waals surface area contributed by atoms with Gasteiger partial charge in [-0.2, -0.15) is 0 Å². The van der Waals surface area contributed by atoms with Crippen molar-refractivity contribution in [3.8, 4) is 39.9 Å². The minimum absolute atomic E-state index is 0.583.